The Bertz CT molecular complexity index is 283. The van der Waals surface area contributed by atoms with Crippen LogP contribution < -0.4 is 5.32 Å². The normalized spacial score (nSPS) is 11.9. The van der Waals surface area contributed by atoms with E-state index in [1.54, 1.807) is 26.1 Å². The fraction of sp³-hybridized carbons (Fsp3) is 0.778. The highest BCUT2D eigenvalue weighted by Crippen LogP contribution is 2.12. The van der Waals surface area contributed by atoms with Gasteiger partial charge in [0.1, 0.15) is 12.1 Å². The van der Waals surface area contributed by atoms with E-state index < -0.39 is 37.0 Å². The van der Waals surface area contributed by atoms with Gasteiger partial charge in [0.05, 0.1) is 0 Å². The van der Waals surface area contributed by atoms with Crippen molar-refractivity contribution in [3.05, 3.63) is 0 Å². The van der Waals surface area contributed by atoms with Crippen LogP contribution in [0.25, 0.3) is 0 Å². The molecule has 5 nitrogen and oxygen atoms in total. The Morgan fingerprint density at radius 3 is 2.12 bits per heavy atom. The molecule has 0 radical (unpaired) electrons. The molecular weight excluding hydrogens is 243 g/mol. The summed E-state index contributed by atoms with van der Waals surface area (Å²) in [4.78, 5) is 21.7. The van der Waals surface area contributed by atoms with Gasteiger partial charge in [0.2, 0.25) is 0 Å². The monoisotopic (exact) mass is 257 g/mol. The summed E-state index contributed by atoms with van der Waals surface area (Å²) in [7, 11) is 0. The predicted octanol–water partition coefficient (Wildman–Crippen LogP) is 1.62. The molecule has 0 unspecified atom stereocenters. The van der Waals surface area contributed by atoms with Gasteiger partial charge in [0.15, 0.2) is 6.61 Å². The number of carbonyl (C=O) groups excluding carboxylic acids is 2. The Morgan fingerprint density at radius 1 is 1.18 bits per heavy atom. The summed E-state index contributed by atoms with van der Waals surface area (Å²) in [6.45, 7) is 2.46. The van der Waals surface area contributed by atoms with E-state index in [-0.39, 0.29) is 0 Å². The Kier molecular flexibility index (Phi) is 5.24. The molecule has 0 aliphatic heterocycles. The van der Waals surface area contributed by atoms with Crippen molar-refractivity contribution >= 4 is 12.1 Å². The van der Waals surface area contributed by atoms with E-state index in [4.69, 9.17) is 0 Å². The number of ether oxygens (including phenoxy) is 2. The standard InChI is InChI=1S/C9H14F3NO4/c1-8(2,3)17-7(15)16-4-6(14)13-5-9(10,11)12/h4-5H2,1-3H3,(H,13,14). The van der Waals surface area contributed by atoms with Crippen molar-refractivity contribution in [2.24, 2.45) is 0 Å². The zero-order valence-electron chi connectivity index (χ0n) is 9.68. The molecule has 0 rings (SSSR count). The minimum Gasteiger partial charge on any atom is -0.429 e. The summed E-state index contributed by atoms with van der Waals surface area (Å²) in [6.07, 6.45) is -5.61. The first-order valence-electron chi connectivity index (χ1n) is 4.69. The van der Waals surface area contributed by atoms with E-state index in [9.17, 15) is 22.8 Å². The second kappa shape index (κ2) is 5.74. The van der Waals surface area contributed by atoms with Gasteiger partial charge < -0.3 is 14.8 Å². The summed E-state index contributed by atoms with van der Waals surface area (Å²) < 4.78 is 44.0. The highest BCUT2D eigenvalue weighted by molar-refractivity contribution is 5.79. The second-order valence-electron chi connectivity index (χ2n) is 4.15. The Hall–Kier alpha value is -1.47. The molecule has 17 heavy (non-hydrogen) atoms. The van der Waals surface area contributed by atoms with Gasteiger partial charge in [-0.2, -0.15) is 13.2 Å². The smallest absolute Gasteiger partial charge is 0.429 e. The van der Waals surface area contributed by atoms with Crippen LogP contribution in [0.1, 0.15) is 20.8 Å². The molecule has 0 saturated carbocycles. The average molecular weight is 257 g/mol. The average Bonchev–Trinajstić information content (AvgIpc) is 2.07. The molecule has 1 amide bonds. The van der Waals surface area contributed by atoms with Crippen LogP contribution in [0, 0.1) is 0 Å². The van der Waals surface area contributed by atoms with Gasteiger partial charge in [0.25, 0.3) is 5.91 Å². The quantitative estimate of drug-likeness (QED) is 0.780. The Morgan fingerprint density at radius 2 is 1.71 bits per heavy atom. The Labute approximate surface area is 96.3 Å². The number of hydrogen-bond acceptors (Lipinski definition) is 4. The van der Waals surface area contributed by atoms with Crippen molar-refractivity contribution in [2.45, 2.75) is 32.5 Å². The maximum absolute atomic E-state index is 11.7. The van der Waals surface area contributed by atoms with E-state index in [0.717, 1.165) is 0 Å². The highest BCUT2D eigenvalue weighted by Gasteiger charge is 2.28. The van der Waals surface area contributed by atoms with E-state index >= 15 is 0 Å². The van der Waals surface area contributed by atoms with Crippen LogP contribution in [-0.2, 0) is 14.3 Å². The van der Waals surface area contributed by atoms with Gasteiger partial charge in [-0.25, -0.2) is 4.79 Å². The topological polar surface area (TPSA) is 64.6 Å². The third-order valence-corrected chi connectivity index (χ3v) is 1.20. The molecule has 0 aliphatic rings. The summed E-state index contributed by atoms with van der Waals surface area (Å²) in [5.41, 5.74) is -0.792. The van der Waals surface area contributed by atoms with Gasteiger partial charge >= 0.3 is 12.3 Å². The lowest BCUT2D eigenvalue weighted by Gasteiger charge is -2.18. The predicted molar refractivity (Wildman–Crippen MR) is 51.3 cm³/mol. The minimum atomic E-state index is -4.50. The molecule has 8 heteroatoms. The van der Waals surface area contributed by atoms with E-state index in [0.29, 0.717) is 0 Å². The van der Waals surface area contributed by atoms with Crippen molar-refractivity contribution in [1.82, 2.24) is 5.32 Å². The van der Waals surface area contributed by atoms with Crippen LogP contribution in [0.2, 0.25) is 0 Å². The summed E-state index contributed by atoms with van der Waals surface area (Å²) in [5, 5.41) is 1.54. The van der Waals surface area contributed by atoms with E-state index in [1.165, 1.54) is 0 Å². The van der Waals surface area contributed by atoms with Crippen LogP contribution in [-0.4, -0.2) is 37.0 Å². The summed E-state index contributed by atoms with van der Waals surface area (Å²) in [6, 6.07) is 0. The molecule has 0 fully saturated rings. The third kappa shape index (κ3) is 10.8. The largest absolute Gasteiger partial charge is 0.509 e. The van der Waals surface area contributed by atoms with Gasteiger partial charge in [0, 0.05) is 0 Å². The van der Waals surface area contributed by atoms with E-state index in [1.807, 2.05) is 0 Å². The molecular formula is C9H14F3NO4. The highest BCUT2D eigenvalue weighted by atomic mass is 19.4. The molecule has 0 saturated heterocycles. The first-order valence-corrected chi connectivity index (χ1v) is 4.69. The maximum Gasteiger partial charge on any atom is 0.509 e. The molecule has 0 aromatic rings. The van der Waals surface area contributed by atoms with Crippen LogP contribution in [0.15, 0.2) is 0 Å². The van der Waals surface area contributed by atoms with Crippen molar-refractivity contribution < 1.29 is 32.2 Å². The molecule has 0 aliphatic carbocycles. The first kappa shape index (κ1) is 15.5. The van der Waals surface area contributed by atoms with E-state index in [2.05, 4.69) is 9.47 Å². The minimum absolute atomic E-state index is 0.792. The van der Waals surface area contributed by atoms with Gasteiger partial charge in [-0.05, 0) is 20.8 Å². The molecule has 0 aromatic heterocycles. The first-order chi connectivity index (χ1) is 7.49. The Balaban J connectivity index is 3.82. The molecule has 0 spiro atoms. The number of amides is 1. The van der Waals surface area contributed by atoms with Crippen molar-refractivity contribution in [2.75, 3.05) is 13.2 Å². The molecule has 1 N–H and O–H groups in total. The maximum atomic E-state index is 11.7. The number of halogens is 3. The zero-order chi connectivity index (χ0) is 13.7. The molecule has 0 atom stereocenters. The zero-order valence-corrected chi connectivity index (χ0v) is 9.68. The molecule has 0 bridgehead atoms. The molecule has 100 valence electrons. The van der Waals surface area contributed by atoms with Gasteiger partial charge in [-0.1, -0.05) is 0 Å². The third-order valence-electron chi connectivity index (χ3n) is 1.20. The lowest BCUT2D eigenvalue weighted by Crippen LogP contribution is -2.37. The lowest BCUT2D eigenvalue weighted by atomic mass is 10.2. The summed E-state index contributed by atoms with van der Waals surface area (Å²) in [5.74, 6) is -1.05. The van der Waals surface area contributed by atoms with Crippen LogP contribution in [0.5, 0.6) is 0 Å². The number of hydrogen-bond donors (Lipinski definition) is 1. The number of nitrogens with one attached hydrogen (secondary N) is 1. The fourth-order valence-electron chi connectivity index (χ4n) is 0.654. The SMILES string of the molecule is CC(C)(C)OC(=O)OCC(=O)NCC(F)(F)F. The number of alkyl halides is 3. The lowest BCUT2D eigenvalue weighted by molar-refractivity contribution is -0.140. The fourth-order valence-corrected chi connectivity index (χ4v) is 0.654. The number of carbonyl (C=O) groups is 2. The molecule has 0 aromatic carbocycles. The van der Waals surface area contributed by atoms with Crippen LogP contribution in [0.4, 0.5) is 18.0 Å². The number of rotatable bonds is 3. The van der Waals surface area contributed by atoms with Crippen molar-refractivity contribution in [3.8, 4) is 0 Å². The van der Waals surface area contributed by atoms with Crippen molar-refractivity contribution in [1.29, 1.82) is 0 Å². The van der Waals surface area contributed by atoms with Gasteiger partial charge in [-0.3, -0.25) is 4.79 Å². The van der Waals surface area contributed by atoms with Crippen LogP contribution >= 0.6 is 0 Å². The van der Waals surface area contributed by atoms with Gasteiger partial charge in [-0.15, -0.1) is 0 Å². The van der Waals surface area contributed by atoms with Crippen LogP contribution in [0.3, 0.4) is 0 Å². The molecule has 0 heterocycles. The second-order valence-corrected chi connectivity index (χ2v) is 4.15. The van der Waals surface area contributed by atoms with Crippen molar-refractivity contribution in [3.63, 3.8) is 0 Å². The summed E-state index contributed by atoms with van der Waals surface area (Å²) >= 11 is 0.